The van der Waals surface area contributed by atoms with E-state index in [-0.39, 0.29) is 16.8 Å². The number of pyridine rings is 1. The third-order valence-electron chi connectivity index (χ3n) is 1.59. The predicted octanol–water partition coefficient (Wildman–Crippen LogP) is 2.90. The molecule has 0 N–H and O–H groups in total. The molecule has 1 rings (SSSR count). The molecular formula is C10H10ClF2NO3. The maximum atomic E-state index is 12.1. The van der Waals surface area contributed by atoms with Crippen LogP contribution in [0.5, 0.6) is 5.88 Å². The molecule has 0 aliphatic heterocycles. The molecule has 4 nitrogen and oxygen atoms in total. The van der Waals surface area contributed by atoms with E-state index in [1.165, 1.54) is 12.1 Å². The smallest absolute Gasteiger partial charge is 0.388 e. The van der Waals surface area contributed by atoms with Crippen LogP contribution in [-0.2, 0) is 4.74 Å². The first-order valence-electron chi connectivity index (χ1n) is 4.72. The Bertz CT molecular complexity index is 413. The van der Waals surface area contributed by atoms with Crippen LogP contribution in [0, 0.1) is 0 Å². The summed E-state index contributed by atoms with van der Waals surface area (Å²) in [6.45, 7) is 0.176. The molecule has 1 aromatic heterocycles. The molecule has 7 heteroatoms. The minimum atomic E-state index is -3.09. The van der Waals surface area contributed by atoms with Gasteiger partial charge in [-0.3, -0.25) is 0 Å². The monoisotopic (exact) mass is 265 g/mol. The van der Waals surface area contributed by atoms with Gasteiger partial charge in [-0.15, -0.1) is 0 Å². The van der Waals surface area contributed by atoms with Crippen LogP contribution in [0.1, 0.15) is 24.2 Å². The van der Waals surface area contributed by atoms with E-state index >= 15 is 0 Å². The number of alkyl halides is 2. The van der Waals surface area contributed by atoms with E-state index in [9.17, 15) is 13.6 Å². The summed E-state index contributed by atoms with van der Waals surface area (Å²) in [6.07, 6.45) is -0.377. The zero-order valence-corrected chi connectivity index (χ0v) is 9.87. The van der Waals surface area contributed by atoms with Crippen LogP contribution in [0.25, 0.3) is 0 Å². The Hall–Kier alpha value is -1.43. The number of aromatic nitrogens is 1. The molecule has 0 unspecified atom stereocenters. The number of hydrogen-bond donors (Lipinski definition) is 0. The Balaban J connectivity index is 3.01. The van der Waals surface area contributed by atoms with E-state index in [1.54, 1.807) is 13.8 Å². The SMILES string of the molecule is CC(C)OC(=O)c1ccc(Cl)nc1OC(F)F. The van der Waals surface area contributed by atoms with Gasteiger partial charge >= 0.3 is 12.6 Å². The molecule has 0 radical (unpaired) electrons. The van der Waals surface area contributed by atoms with Gasteiger partial charge in [0.05, 0.1) is 6.10 Å². The molecule has 17 heavy (non-hydrogen) atoms. The molecular weight excluding hydrogens is 256 g/mol. The van der Waals surface area contributed by atoms with Crippen molar-refractivity contribution in [2.45, 2.75) is 26.6 Å². The second-order valence-corrected chi connectivity index (χ2v) is 3.71. The van der Waals surface area contributed by atoms with Crippen LogP contribution < -0.4 is 4.74 Å². The van der Waals surface area contributed by atoms with E-state index in [1.807, 2.05) is 0 Å². The largest absolute Gasteiger partial charge is 0.459 e. The second kappa shape index (κ2) is 5.77. The van der Waals surface area contributed by atoms with Crippen LogP contribution in [0.15, 0.2) is 12.1 Å². The highest BCUT2D eigenvalue weighted by Gasteiger charge is 2.19. The van der Waals surface area contributed by atoms with Gasteiger partial charge in [-0.05, 0) is 26.0 Å². The average Bonchev–Trinajstić information content (AvgIpc) is 2.15. The summed E-state index contributed by atoms with van der Waals surface area (Å²) in [5, 5.41) is -0.0539. The highest BCUT2D eigenvalue weighted by Crippen LogP contribution is 2.22. The predicted molar refractivity (Wildman–Crippen MR) is 56.4 cm³/mol. The van der Waals surface area contributed by atoms with Gasteiger partial charge in [-0.2, -0.15) is 8.78 Å². The third-order valence-corrected chi connectivity index (χ3v) is 1.80. The molecule has 0 aliphatic carbocycles. The average molecular weight is 266 g/mol. The summed E-state index contributed by atoms with van der Waals surface area (Å²) in [5.74, 6) is -1.34. The van der Waals surface area contributed by atoms with Crippen LogP contribution in [0.4, 0.5) is 8.78 Å². The molecule has 0 saturated heterocycles. The highest BCUT2D eigenvalue weighted by atomic mass is 35.5. The van der Waals surface area contributed by atoms with E-state index in [2.05, 4.69) is 9.72 Å². The van der Waals surface area contributed by atoms with Crippen molar-refractivity contribution >= 4 is 17.6 Å². The number of halogens is 3. The molecule has 0 bridgehead atoms. The van der Waals surface area contributed by atoms with E-state index in [4.69, 9.17) is 16.3 Å². The minimum Gasteiger partial charge on any atom is -0.459 e. The molecule has 1 heterocycles. The molecule has 0 aromatic carbocycles. The lowest BCUT2D eigenvalue weighted by Gasteiger charge is -2.11. The Labute approximate surface area is 101 Å². The third kappa shape index (κ3) is 4.14. The van der Waals surface area contributed by atoms with Gasteiger partial charge < -0.3 is 9.47 Å². The molecule has 0 saturated carbocycles. The van der Waals surface area contributed by atoms with Crippen molar-refractivity contribution in [2.24, 2.45) is 0 Å². The van der Waals surface area contributed by atoms with Crippen molar-refractivity contribution in [3.63, 3.8) is 0 Å². The first-order chi connectivity index (χ1) is 7.90. The Morgan fingerprint density at radius 1 is 1.41 bits per heavy atom. The molecule has 1 aromatic rings. The molecule has 0 atom stereocenters. The summed E-state index contributed by atoms with van der Waals surface area (Å²) in [5.41, 5.74) is -0.191. The van der Waals surface area contributed by atoms with Crippen molar-refractivity contribution in [1.82, 2.24) is 4.98 Å². The van der Waals surface area contributed by atoms with Gasteiger partial charge in [0.1, 0.15) is 10.7 Å². The maximum absolute atomic E-state index is 12.1. The van der Waals surface area contributed by atoms with Crippen molar-refractivity contribution < 1.29 is 23.0 Å². The van der Waals surface area contributed by atoms with Crippen molar-refractivity contribution in [3.05, 3.63) is 22.8 Å². The topological polar surface area (TPSA) is 48.4 Å². The number of hydrogen-bond acceptors (Lipinski definition) is 4. The van der Waals surface area contributed by atoms with Crippen LogP contribution >= 0.6 is 11.6 Å². The van der Waals surface area contributed by atoms with E-state index in [0.717, 1.165) is 0 Å². The molecule has 94 valence electrons. The van der Waals surface area contributed by atoms with Crippen LogP contribution in [-0.4, -0.2) is 23.7 Å². The van der Waals surface area contributed by atoms with E-state index in [0.29, 0.717) is 0 Å². The summed E-state index contributed by atoms with van der Waals surface area (Å²) in [6, 6.07) is 2.51. The zero-order chi connectivity index (χ0) is 13.0. The van der Waals surface area contributed by atoms with Gasteiger partial charge in [0.2, 0.25) is 5.88 Å². The lowest BCUT2D eigenvalue weighted by Crippen LogP contribution is -2.15. The van der Waals surface area contributed by atoms with Crippen molar-refractivity contribution in [2.75, 3.05) is 0 Å². The Morgan fingerprint density at radius 2 is 2.06 bits per heavy atom. The summed E-state index contributed by atoms with van der Waals surface area (Å²) >= 11 is 5.52. The standard InChI is InChI=1S/C10H10ClF2NO3/c1-5(2)16-9(15)6-3-4-7(11)14-8(6)17-10(12)13/h3-5,10H,1-2H3. The zero-order valence-electron chi connectivity index (χ0n) is 9.12. The fraction of sp³-hybridized carbons (Fsp3) is 0.400. The van der Waals surface area contributed by atoms with Crippen molar-refractivity contribution in [1.29, 1.82) is 0 Å². The first-order valence-corrected chi connectivity index (χ1v) is 5.10. The van der Waals surface area contributed by atoms with Crippen LogP contribution in [0.2, 0.25) is 5.15 Å². The number of nitrogens with zero attached hydrogens (tertiary/aromatic N) is 1. The molecule has 0 spiro atoms. The second-order valence-electron chi connectivity index (χ2n) is 3.32. The normalized spacial score (nSPS) is 10.8. The van der Waals surface area contributed by atoms with Crippen LogP contribution in [0.3, 0.4) is 0 Å². The maximum Gasteiger partial charge on any atom is 0.388 e. The van der Waals surface area contributed by atoms with Gasteiger partial charge in [-0.25, -0.2) is 9.78 Å². The van der Waals surface area contributed by atoms with Gasteiger partial charge in [-0.1, -0.05) is 11.6 Å². The Morgan fingerprint density at radius 3 is 2.59 bits per heavy atom. The highest BCUT2D eigenvalue weighted by molar-refractivity contribution is 6.29. The van der Waals surface area contributed by atoms with Crippen molar-refractivity contribution in [3.8, 4) is 5.88 Å². The van der Waals surface area contributed by atoms with Gasteiger partial charge in [0.25, 0.3) is 0 Å². The number of carbonyl (C=O) groups excluding carboxylic acids is 1. The summed E-state index contributed by atoms with van der Waals surface area (Å²) < 4.78 is 33.2. The lowest BCUT2D eigenvalue weighted by molar-refractivity contribution is -0.0535. The molecule has 0 amide bonds. The van der Waals surface area contributed by atoms with E-state index < -0.39 is 18.5 Å². The molecule has 0 aliphatic rings. The lowest BCUT2D eigenvalue weighted by atomic mass is 10.3. The number of ether oxygens (including phenoxy) is 2. The number of carbonyl (C=O) groups is 1. The summed E-state index contributed by atoms with van der Waals surface area (Å²) in [7, 11) is 0. The Kier molecular flexibility index (Phi) is 4.62. The van der Waals surface area contributed by atoms with Gasteiger partial charge in [0, 0.05) is 0 Å². The molecule has 0 fully saturated rings. The number of rotatable bonds is 4. The summed E-state index contributed by atoms with van der Waals surface area (Å²) in [4.78, 5) is 15.0. The fourth-order valence-electron chi connectivity index (χ4n) is 1.03. The minimum absolute atomic E-state index is 0.0539. The number of esters is 1. The quantitative estimate of drug-likeness (QED) is 0.620. The fourth-order valence-corrected chi connectivity index (χ4v) is 1.16. The first kappa shape index (κ1) is 13.6. The van der Waals surface area contributed by atoms with Gasteiger partial charge in [0.15, 0.2) is 0 Å².